The van der Waals surface area contributed by atoms with Crippen molar-refractivity contribution in [2.45, 2.75) is 38.1 Å². The molecule has 1 aromatic heterocycles. The first-order valence-corrected chi connectivity index (χ1v) is 8.30. The Balaban J connectivity index is 1.60. The minimum Gasteiger partial charge on any atom is -0.375 e. The Kier molecular flexibility index (Phi) is 3.97. The zero-order valence-electron chi connectivity index (χ0n) is 13.1. The number of nitrogens with zero attached hydrogens (tertiary/aromatic N) is 3. The summed E-state index contributed by atoms with van der Waals surface area (Å²) in [7, 11) is 0. The van der Waals surface area contributed by atoms with E-state index in [1.165, 1.54) is 6.42 Å². The van der Waals surface area contributed by atoms with Crippen LogP contribution in [-0.2, 0) is 11.4 Å². The van der Waals surface area contributed by atoms with Crippen LogP contribution in [0.2, 0.25) is 0 Å². The molecular weight excluding hydrogens is 290 g/mol. The van der Waals surface area contributed by atoms with Gasteiger partial charge in [0.1, 0.15) is 0 Å². The lowest BCUT2D eigenvalue weighted by atomic mass is 10.1. The van der Waals surface area contributed by atoms with E-state index in [-0.39, 0.29) is 5.56 Å². The number of hydrogen-bond donors (Lipinski definition) is 0. The van der Waals surface area contributed by atoms with Gasteiger partial charge >= 0.3 is 0 Å². The smallest absolute Gasteiger partial charge is 0.268 e. The summed E-state index contributed by atoms with van der Waals surface area (Å²) in [5, 5.41) is 4.57. The Morgan fingerprint density at radius 2 is 2.00 bits per heavy atom. The van der Waals surface area contributed by atoms with Crippen LogP contribution < -0.4 is 5.56 Å². The van der Waals surface area contributed by atoms with Crippen molar-refractivity contribution in [3.63, 3.8) is 0 Å². The molecule has 4 rings (SSSR count). The van der Waals surface area contributed by atoms with Crippen LogP contribution in [0.3, 0.4) is 0 Å². The second-order valence-electron chi connectivity index (χ2n) is 6.28. The molecule has 0 unspecified atom stereocenters. The minimum absolute atomic E-state index is 0.0503. The van der Waals surface area contributed by atoms with E-state index in [2.05, 4.69) is 10.00 Å². The van der Waals surface area contributed by atoms with Gasteiger partial charge in [-0.2, -0.15) is 5.10 Å². The van der Waals surface area contributed by atoms with Crippen molar-refractivity contribution < 1.29 is 4.74 Å². The molecule has 2 aliphatic rings. The van der Waals surface area contributed by atoms with Crippen LogP contribution in [-0.4, -0.2) is 40.0 Å². The molecule has 0 bridgehead atoms. The fraction of sp³-hybridized carbons (Fsp3) is 0.444. The van der Waals surface area contributed by atoms with E-state index in [0.29, 0.717) is 18.8 Å². The third-order valence-electron chi connectivity index (χ3n) is 4.85. The van der Waals surface area contributed by atoms with E-state index < -0.39 is 0 Å². The Bertz CT molecular complexity index is 729. The van der Waals surface area contributed by atoms with Gasteiger partial charge in [-0.3, -0.25) is 9.69 Å². The third kappa shape index (κ3) is 2.94. The van der Waals surface area contributed by atoms with Crippen molar-refractivity contribution in [2.24, 2.45) is 0 Å². The number of aromatic nitrogens is 2. The second kappa shape index (κ2) is 6.26. The lowest BCUT2D eigenvalue weighted by Crippen LogP contribution is -2.50. The van der Waals surface area contributed by atoms with Crippen LogP contribution in [0.15, 0.2) is 47.3 Å². The summed E-state index contributed by atoms with van der Waals surface area (Å²) in [5.74, 6) is 0. The normalized spacial score (nSPS) is 24.5. The van der Waals surface area contributed by atoms with Crippen LogP contribution in [0.5, 0.6) is 0 Å². The van der Waals surface area contributed by atoms with Gasteiger partial charge in [-0.15, -0.1) is 0 Å². The number of morpholine rings is 1. The van der Waals surface area contributed by atoms with Crippen molar-refractivity contribution in [2.75, 3.05) is 13.2 Å². The highest BCUT2D eigenvalue weighted by atomic mass is 16.5. The molecule has 1 aliphatic carbocycles. The molecule has 2 atom stereocenters. The van der Waals surface area contributed by atoms with Gasteiger partial charge in [0, 0.05) is 24.2 Å². The van der Waals surface area contributed by atoms with E-state index in [1.807, 2.05) is 30.3 Å². The molecule has 5 heteroatoms. The van der Waals surface area contributed by atoms with Gasteiger partial charge in [-0.1, -0.05) is 30.3 Å². The molecule has 0 N–H and O–H groups in total. The molecule has 0 spiro atoms. The summed E-state index contributed by atoms with van der Waals surface area (Å²) in [6.45, 7) is 2.16. The van der Waals surface area contributed by atoms with Crippen molar-refractivity contribution in [3.8, 4) is 11.3 Å². The summed E-state index contributed by atoms with van der Waals surface area (Å²) in [6, 6.07) is 13.8. The summed E-state index contributed by atoms with van der Waals surface area (Å²) in [6.07, 6.45) is 3.82. The largest absolute Gasteiger partial charge is 0.375 e. The number of fused-ring (bicyclic) bond motifs is 1. The number of ether oxygens (including phenoxy) is 1. The predicted molar refractivity (Wildman–Crippen MR) is 88.0 cm³/mol. The third-order valence-corrected chi connectivity index (χ3v) is 4.85. The molecule has 120 valence electrons. The highest BCUT2D eigenvalue weighted by molar-refractivity contribution is 5.57. The highest BCUT2D eigenvalue weighted by Crippen LogP contribution is 2.29. The second-order valence-corrected chi connectivity index (χ2v) is 6.28. The van der Waals surface area contributed by atoms with Crippen molar-refractivity contribution in [3.05, 3.63) is 52.8 Å². The molecule has 2 heterocycles. The SMILES string of the molecule is O=c1ccc(-c2ccccc2)nn1CN1CCO[C@@H]2CCC[C@H]21. The Labute approximate surface area is 135 Å². The van der Waals surface area contributed by atoms with Crippen LogP contribution in [0.1, 0.15) is 19.3 Å². The maximum atomic E-state index is 12.2. The Hall–Kier alpha value is -1.98. The molecule has 1 aliphatic heterocycles. The monoisotopic (exact) mass is 311 g/mol. The molecular formula is C18H21N3O2. The van der Waals surface area contributed by atoms with E-state index in [0.717, 1.165) is 37.3 Å². The Morgan fingerprint density at radius 3 is 2.87 bits per heavy atom. The first-order chi connectivity index (χ1) is 11.3. The molecule has 23 heavy (non-hydrogen) atoms. The molecule has 2 fully saturated rings. The molecule has 2 aromatic rings. The first kappa shape index (κ1) is 14.6. The van der Waals surface area contributed by atoms with Gasteiger partial charge in [0.15, 0.2) is 0 Å². The average molecular weight is 311 g/mol. The van der Waals surface area contributed by atoms with Gasteiger partial charge in [0.2, 0.25) is 0 Å². The quantitative estimate of drug-likeness (QED) is 0.871. The summed E-state index contributed by atoms with van der Waals surface area (Å²) in [5.41, 5.74) is 1.81. The van der Waals surface area contributed by atoms with Crippen LogP contribution in [0, 0.1) is 0 Å². The Morgan fingerprint density at radius 1 is 1.13 bits per heavy atom. The molecule has 1 saturated carbocycles. The summed E-state index contributed by atoms with van der Waals surface area (Å²) >= 11 is 0. The van der Waals surface area contributed by atoms with E-state index in [4.69, 9.17) is 4.74 Å². The number of hydrogen-bond acceptors (Lipinski definition) is 4. The van der Waals surface area contributed by atoms with Crippen LogP contribution in [0.4, 0.5) is 0 Å². The van der Waals surface area contributed by atoms with Crippen LogP contribution in [0.25, 0.3) is 11.3 Å². The van der Waals surface area contributed by atoms with Gasteiger partial charge in [-0.05, 0) is 25.3 Å². The average Bonchev–Trinajstić information content (AvgIpc) is 3.07. The minimum atomic E-state index is -0.0503. The first-order valence-electron chi connectivity index (χ1n) is 8.30. The van der Waals surface area contributed by atoms with Crippen molar-refractivity contribution in [1.29, 1.82) is 0 Å². The lowest BCUT2D eigenvalue weighted by Gasteiger charge is -2.37. The van der Waals surface area contributed by atoms with Gasteiger partial charge in [0.05, 0.1) is 25.1 Å². The maximum absolute atomic E-state index is 12.2. The van der Waals surface area contributed by atoms with Crippen molar-refractivity contribution >= 4 is 0 Å². The zero-order chi connectivity index (χ0) is 15.6. The van der Waals surface area contributed by atoms with Gasteiger partial charge in [-0.25, -0.2) is 4.68 Å². The summed E-state index contributed by atoms with van der Waals surface area (Å²) < 4.78 is 7.43. The van der Waals surface area contributed by atoms with Gasteiger partial charge in [0.25, 0.3) is 5.56 Å². The predicted octanol–water partition coefficient (Wildman–Crippen LogP) is 2.12. The molecule has 5 nitrogen and oxygen atoms in total. The summed E-state index contributed by atoms with van der Waals surface area (Å²) in [4.78, 5) is 14.6. The molecule has 0 amide bonds. The van der Waals surface area contributed by atoms with Crippen molar-refractivity contribution in [1.82, 2.24) is 14.7 Å². The van der Waals surface area contributed by atoms with Crippen LogP contribution >= 0.6 is 0 Å². The molecule has 1 aromatic carbocycles. The van der Waals surface area contributed by atoms with Gasteiger partial charge < -0.3 is 4.74 Å². The standard InChI is InChI=1S/C18H21N3O2/c22-18-10-9-15(14-5-2-1-3-6-14)19-21(18)13-20-11-12-23-17-8-4-7-16(17)20/h1-3,5-6,9-10,16-17H,4,7-8,11-13H2/t16-,17-/m1/s1. The lowest BCUT2D eigenvalue weighted by molar-refractivity contribution is -0.0686. The molecule has 0 radical (unpaired) electrons. The molecule has 1 saturated heterocycles. The topological polar surface area (TPSA) is 47.4 Å². The zero-order valence-corrected chi connectivity index (χ0v) is 13.1. The number of benzene rings is 1. The highest BCUT2D eigenvalue weighted by Gasteiger charge is 2.36. The fourth-order valence-corrected chi connectivity index (χ4v) is 3.67. The number of rotatable bonds is 3. The van der Waals surface area contributed by atoms with E-state index >= 15 is 0 Å². The maximum Gasteiger partial charge on any atom is 0.268 e. The van der Waals surface area contributed by atoms with E-state index in [1.54, 1.807) is 16.8 Å². The fourth-order valence-electron chi connectivity index (χ4n) is 3.67. The van der Waals surface area contributed by atoms with E-state index in [9.17, 15) is 4.79 Å².